The third-order valence-corrected chi connectivity index (χ3v) is 4.17. The molecule has 5 nitrogen and oxygen atoms in total. The number of amides is 1. The zero-order chi connectivity index (χ0) is 15.7. The van der Waals surface area contributed by atoms with Gasteiger partial charge in [0.15, 0.2) is 11.5 Å². The highest BCUT2D eigenvalue weighted by Gasteiger charge is 2.18. The molecule has 1 aliphatic rings. The summed E-state index contributed by atoms with van der Waals surface area (Å²) in [4.78, 5) is 16.1. The summed E-state index contributed by atoms with van der Waals surface area (Å²) in [5.74, 6) is 0.701. The Bertz CT molecular complexity index is 752. The maximum atomic E-state index is 12.2. The van der Waals surface area contributed by atoms with Crippen LogP contribution in [0.3, 0.4) is 0 Å². The van der Waals surface area contributed by atoms with E-state index in [0.29, 0.717) is 30.4 Å². The molecule has 1 N–H and O–H groups in total. The number of nitrogens with one attached hydrogen (secondary N) is 1. The molecule has 1 aromatic heterocycles. The second-order valence-corrected chi connectivity index (χ2v) is 5.56. The number of hydrogen-bond donors (Lipinski definition) is 1. The smallest absolute Gasteiger partial charge is 0.275 e. The Morgan fingerprint density at radius 1 is 1.09 bits per heavy atom. The molecule has 0 fully saturated rings. The predicted octanol–water partition coefficient (Wildman–Crippen LogP) is 4.07. The Labute approximate surface area is 141 Å². The van der Waals surface area contributed by atoms with Crippen LogP contribution >= 0.6 is 34.8 Å². The minimum atomic E-state index is -0.500. The fourth-order valence-electron chi connectivity index (χ4n) is 1.91. The van der Waals surface area contributed by atoms with Crippen molar-refractivity contribution in [3.63, 3.8) is 0 Å². The fraction of sp³-hybridized carbons (Fsp3) is 0.143. The largest absolute Gasteiger partial charge is 0.486 e. The van der Waals surface area contributed by atoms with Gasteiger partial charge in [-0.05, 0) is 12.1 Å². The van der Waals surface area contributed by atoms with E-state index in [9.17, 15) is 4.79 Å². The van der Waals surface area contributed by atoms with E-state index < -0.39 is 5.91 Å². The van der Waals surface area contributed by atoms with Crippen LogP contribution in [0, 0.1) is 0 Å². The molecule has 0 aliphatic carbocycles. The molecule has 0 radical (unpaired) electrons. The van der Waals surface area contributed by atoms with Gasteiger partial charge in [-0.2, -0.15) is 0 Å². The van der Waals surface area contributed by atoms with E-state index in [1.807, 2.05) is 0 Å². The van der Waals surface area contributed by atoms with Crippen LogP contribution in [0.5, 0.6) is 11.5 Å². The van der Waals surface area contributed by atoms with Gasteiger partial charge in [-0.3, -0.25) is 4.79 Å². The number of hydrogen-bond acceptors (Lipinski definition) is 4. The highest BCUT2D eigenvalue weighted by atomic mass is 35.5. The lowest BCUT2D eigenvalue weighted by molar-refractivity contribution is 0.102. The standard InChI is InChI=1S/C14H9Cl3N2O3/c15-8-6-18-13(12(17)11(8)16)14(20)19-7-1-2-9-10(5-7)22-4-3-21-9/h1-2,5-6H,3-4H2,(H,19,20). The Morgan fingerprint density at radius 3 is 2.59 bits per heavy atom. The van der Waals surface area contributed by atoms with Gasteiger partial charge in [-0.1, -0.05) is 34.8 Å². The van der Waals surface area contributed by atoms with Gasteiger partial charge in [-0.25, -0.2) is 4.98 Å². The summed E-state index contributed by atoms with van der Waals surface area (Å²) in [6, 6.07) is 5.07. The first kappa shape index (κ1) is 15.2. The van der Waals surface area contributed by atoms with Gasteiger partial charge < -0.3 is 14.8 Å². The van der Waals surface area contributed by atoms with Crippen LogP contribution in [0.2, 0.25) is 15.1 Å². The molecule has 8 heteroatoms. The van der Waals surface area contributed by atoms with Crippen LogP contribution in [0.15, 0.2) is 24.4 Å². The zero-order valence-electron chi connectivity index (χ0n) is 11.0. The molecule has 114 valence electrons. The van der Waals surface area contributed by atoms with Gasteiger partial charge in [0.25, 0.3) is 5.91 Å². The number of anilines is 1. The van der Waals surface area contributed by atoms with Crippen molar-refractivity contribution >= 4 is 46.4 Å². The van der Waals surface area contributed by atoms with E-state index in [1.54, 1.807) is 18.2 Å². The fourth-order valence-corrected chi connectivity index (χ4v) is 2.48. The van der Waals surface area contributed by atoms with E-state index in [2.05, 4.69) is 10.3 Å². The van der Waals surface area contributed by atoms with E-state index in [1.165, 1.54) is 6.20 Å². The molecule has 0 atom stereocenters. The van der Waals surface area contributed by atoms with E-state index in [4.69, 9.17) is 44.3 Å². The lowest BCUT2D eigenvalue weighted by atomic mass is 10.2. The molecule has 1 aliphatic heterocycles. The number of fused-ring (bicyclic) bond motifs is 1. The maximum absolute atomic E-state index is 12.2. The molecule has 0 spiro atoms. The van der Waals surface area contributed by atoms with Crippen LogP contribution in [-0.2, 0) is 0 Å². The van der Waals surface area contributed by atoms with Gasteiger partial charge in [0, 0.05) is 18.0 Å². The summed E-state index contributed by atoms with van der Waals surface area (Å²) in [5.41, 5.74) is 0.518. The molecule has 1 amide bonds. The molecule has 3 rings (SSSR count). The Hall–Kier alpha value is -1.69. The van der Waals surface area contributed by atoms with Crippen molar-refractivity contribution in [2.24, 2.45) is 0 Å². The first-order valence-corrected chi connectivity index (χ1v) is 7.40. The molecule has 2 aromatic rings. The summed E-state index contributed by atoms with van der Waals surface area (Å²) in [7, 11) is 0. The highest BCUT2D eigenvalue weighted by Crippen LogP contribution is 2.34. The maximum Gasteiger partial charge on any atom is 0.275 e. The van der Waals surface area contributed by atoms with Gasteiger partial charge in [0.1, 0.15) is 18.9 Å². The first-order chi connectivity index (χ1) is 10.6. The Morgan fingerprint density at radius 2 is 1.82 bits per heavy atom. The lowest BCUT2D eigenvalue weighted by Gasteiger charge is -2.19. The molecule has 22 heavy (non-hydrogen) atoms. The number of aromatic nitrogens is 1. The average Bonchev–Trinajstić information content (AvgIpc) is 2.52. The summed E-state index contributed by atoms with van der Waals surface area (Å²) >= 11 is 17.7. The van der Waals surface area contributed by atoms with Gasteiger partial charge in [0.05, 0.1) is 15.1 Å². The van der Waals surface area contributed by atoms with Crippen molar-refractivity contribution in [3.05, 3.63) is 45.2 Å². The van der Waals surface area contributed by atoms with Gasteiger partial charge in [0.2, 0.25) is 0 Å². The second kappa shape index (κ2) is 6.20. The molecule has 0 bridgehead atoms. The molecule has 2 heterocycles. The van der Waals surface area contributed by atoms with Crippen molar-refractivity contribution in [1.82, 2.24) is 4.98 Å². The van der Waals surface area contributed by atoms with Crippen molar-refractivity contribution < 1.29 is 14.3 Å². The number of ether oxygens (including phenoxy) is 2. The SMILES string of the molecule is O=C(Nc1ccc2c(c1)OCCO2)c1ncc(Cl)c(Cl)c1Cl. The monoisotopic (exact) mass is 358 g/mol. The first-order valence-electron chi connectivity index (χ1n) is 6.27. The quantitative estimate of drug-likeness (QED) is 0.878. The zero-order valence-corrected chi connectivity index (χ0v) is 13.3. The number of halogens is 3. The molecule has 0 saturated carbocycles. The third kappa shape index (κ3) is 2.92. The summed E-state index contributed by atoms with van der Waals surface area (Å²) < 4.78 is 10.9. The average molecular weight is 360 g/mol. The highest BCUT2D eigenvalue weighted by molar-refractivity contribution is 6.49. The number of rotatable bonds is 2. The summed E-state index contributed by atoms with van der Waals surface area (Å²) in [5, 5.41) is 2.95. The molecular weight excluding hydrogens is 351 g/mol. The van der Waals surface area contributed by atoms with Crippen molar-refractivity contribution in [2.75, 3.05) is 18.5 Å². The van der Waals surface area contributed by atoms with E-state index in [0.717, 1.165) is 0 Å². The summed E-state index contributed by atoms with van der Waals surface area (Å²) in [6.45, 7) is 0.964. The lowest BCUT2D eigenvalue weighted by Crippen LogP contribution is -2.17. The van der Waals surface area contributed by atoms with E-state index in [-0.39, 0.29) is 20.8 Å². The van der Waals surface area contributed by atoms with Crippen molar-refractivity contribution in [2.45, 2.75) is 0 Å². The second-order valence-electron chi connectivity index (χ2n) is 4.40. The predicted molar refractivity (Wildman–Crippen MR) is 84.7 cm³/mol. The van der Waals surface area contributed by atoms with Crippen LogP contribution in [-0.4, -0.2) is 24.1 Å². The number of carbonyl (C=O) groups excluding carboxylic acids is 1. The van der Waals surface area contributed by atoms with E-state index >= 15 is 0 Å². The topological polar surface area (TPSA) is 60.5 Å². The number of nitrogens with zero attached hydrogens (tertiary/aromatic N) is 1. The number of carbonyl (C=O) groups is 1. The normalized spacial score (nSPS) is 12.9. The molecular formula is C14H9Cl3N2O3. The third-order valence-electron chi connectivity index (χ3n) is 2.93. The minimum Gasteiger partial charge on any atom is -0.486 e. The van der Waals surface area contributed by atoms with Gasteiger partial charge >= 0.3 is 0 Å². The Balaban J connectivity index is 1.84. The van der Waals surface area contributed by atoms with Crippen LogP contribution in [0.4, 0.5) is 5.69 Å². The van der Waals surface area contributed by atoms with Crippen LogP contribution in [0.25, 0.3) is 0 Å². The van der Waals surface area contributed by atoms with Crippen LogP contribution < -0.4 is 14.8 Å². The van der Waals surface area contributed by atoms with Gasteiger partial charge in [-0.15, -0.1) is 0 Å². The summed E-state index contributed by atoms with van der Waals surface area (Å²) in [6.07, 6.45) is 1.27. The van der Waals surface area contributed by atoms with Crippen molar-refractivity contribution in [3.8, 4) is 11.5 Å². The molecule has 0 saturated heterocycles. The number of pyridine rings is 1. The van der Waals surface area contributed by atoms with Crippen LogP contribution in [0.1, 0.15) is 10.5 Å². The Kier molecular flexibility index (Phi) is 4.29. The van der Waals surface area contributed by atoms with Crippen molar-refractivity contribution in [1.29, 1.82) is 0 Å². The minimum absolute atomic E-state index is 0.00390. The number of benzene rings is 1. The molecule has 1 aromatic carbocycles. The molecule has 0 unspecified atom stereocenters.